The Morgan fingerprint density at radius 1 is 1.24 bits per heavy atom. The van der Waals surface area contributed by atoms with Crippen LogP contribution in [0.15, 0.2) is 47.4 Å². The van der Waals surface area contributed by atoms with Gasteiger partial charge in [0, 0.05) is 10.6 Å². The zero-order valence-corrected chi connectivity index (χ0v) is 12.4. The molecule has 0 bridgehead atoms. The van der Waals surface area contributed by atoms with Crippen molar-refractivity contribution in [2.24, 2.45) is 0 Å². The van der Waals surface area contributed by atoms with E-state index in [4.69, 9.17) is 9.84 Å². The Balaban J connectivity index is 2.09. The number of aliphatic hydroxyl groups is 1. The van der Waals surface area contributed by atoms with E-state index in [1.54, 1.807) is 31.0 Å². The van der Waals surface area contributed by atoms with Gasteiger partial charge in [-0.05, 0) is 35.9 Å². The van der Waals surface area contributed by atoms with Crippen LogP contribution in [0.3, 0.4) is 0 Å². The molecule has 2 rings (SSSR count). The summed E-state index contributed by atoms with van der Waals surface area (Å²) < 4.78 is 18.7. The summed E-state index contributed by atoms with van der Waals surface area (Å²) in [5, 5.41) is 8.68. The van der Waals surface area contributed by atoms with Gasteiger partial charge < -0.3 is 9.84 Å². The summed E-state index contributed by atoms with van der Waals surface area (Å²) in [4.78, 5) is 1.08. The predicted octanol–water partition coefficient (Wildman–Crippen LogP) is 3.47. The fraction of sp³-hybridized carbons (Fsp3) is 0.176. The Labute approximate surface area is 128 Å². The highest BCUT2D eigenvalue weighted by Gasteiger charge is 2.03. The van der Waals surface area contributed by atoms with Crippen LogP contribution in [0.25, 0.3) is 0 Å². The molecule has 0 radical (unpaired) electrons. The number of ether oxygens (including phenoxy) is 1. The van der Waals surface area contributed by atoms with Crippen molar-refractivity contribution < 1.29 is 14.2 Å². The van der Waals surface area contributed by atoms with E-state index in [-0.39, 0.29) is 12.4 Å². The number of thioether (sulfide) groups is 1. The number of hydrogen-bond acceptors (Lipinski definition) is 3. The van der Waals surface area contributed by atoms with E-state index in [2.05, 4.69) is 11.8 Å². The van der Waals surface area contributed by atoms with Crippen molar-refractivity contribution in [1.29, 1.82) is 0 Å². The zero-order chi connectivity index (χ0) is 15.1. The van der Waals surface area contributed by atoms with E-state index in [1.165, 1.54) is 6.07 Å². The lowest BCUT2D eigenvalue weighted by Crippen LogP contribution is -1.89. The van der Waals surface area contributed by atoms with Crippen LogP contribution in [0.1, 0.15) is 11.1 Å². The third-order valence-electron chi connectivity index (χ3n) is 2.78. The van der Waals surface area contributed by atoms with Crippen molar-refractivity contribution in [2.75, 3.05) is 13.7 Å². The molecule has 0 saturated carbocycles. The zero-order valence-electron chi connectivity index (χ0n) is 11.6. The van der Waals surface area contributed by atoms with Crippen molar-refractivity contribution >= 4 is 11.8 Å². The van der Waals surface area contributed by atoms with Gasteiger partial charge >= 0.3 is 0 Å². The summed E-state index contributed by atoms with van der Waals surface area (Å²) in [5.74, 6) is 6.23. The summed E-state index contributed by atoms with van der Waals surface area (Å²) in [6.45, 7) is -0.276. The van der Waals surface area contributed by atoms with Gasteiger partial charge in [0.25, 0.3) is 0 Å². The topological polar surface area (TPSA) is 29.5 Å². The van der Waals surface area contributed by atoms with Crippen LogP contribution >= 0.6 is 11.8 Å². The second-order valence-corrected chi connectivity index (χ2v) is 5.29. The van der Waals surface area contributed by atoms with Crippen LogP contribution in [-0.2, 0) is 5.75 Å². The van der Waals surface area contributed by atoms with E-state index in [9.17, 15) is 4.39 Å². The van der Waals surface area contributed by atoms with Crippen LogP contribution in [-0.4, -0.2) is 18.8 Å². The molecule has 21 heavy (non-hydrogen) atoms. The average Bonchev–Trinajstić information content (AvgIpc) is 2.53. The second kappa shape index (κ2) is 7.72. The largest absolute Gasteiger partial charge is 0.497 e. The van der Waals surface area contributed by atoms with Gasteiger partial charge in [0.15, 0.2) is 0 Å². The van der Waals surface area contributed by atoms with Crippen molar-refractivity contribution in [1.82, 2.24) is 0 Å². The van der Waals surface area contributed by atoms with E-state index in [0.717, 1.165) is 16.2 Å². The van der Waals surface area contributed by atoms with E-state index < -0.39 is 0 Å². The van der Waals surface area contributed by atoms with Gasteiger partial charge in [-0.25, -0.2) is 4.39 Å². The molecule has 108 valence electrons. The lowest BCUT2D eigenvalue weighted by molar-refractivity contribution is 0.350. The third-order valence-corrected chi connectivity index (χ3v) is 3.84. The Bertz CT molecular complexity index is 674. The number of aliphatic hydroxyl groups excluding tert-OH is 1. The maximum atomic E-state index is 13.5. The smallest absolute Gasteiger partial charge is 0.138 e. The van der Waals surface area contributed by atoms with Crippen molar-refractivity contribution in [3.63, 3.8) is 0 Å². The van der Waals surface area contributed by atoms with Crippen molar-refractivity contribution in [3.05, 3.63) is 59.4 Å². The first kappa shape index (κ1) is 15.4. The van der Waals surface area contributed by atoms with Crippen LogP contribution in [0.4, 0.5) is 4.39 Å². The number of methoxy groups -OCH3 is 1. The molecule has 0 aliphatic carbocycles. The van der Waals surface area contributed by atoms with Crippen LogP contribution in [0.5, 0.6) is 5.75 Å². The van der Waals surface area contributed by atoms with Gasteiger partial charge in [0.05, 0.1) is 12.7 Å². The molecule has 0 spiro atoms. The normalized spacial score (nSPS) is 9.86. The van der Waals surface area contributed by atoms with Crippen molar-refractivity contribution in [3.8, 4) is 17.6 Å². The number of rotatable bonds is 4. The molecule has 0 heterocycles. The Morgan fingerprint density at radius 3 is 2.86 bits per heavy atom. The minimum atomic E-state index is -0.369. The summed E-state index contributed by atoms with van der Waals surface area (Å²) in [6, 6.07) is 12.7. The monoisotopic (exact) mass is 302 g/mol. The standard InChI is InChI=1S/C17H15FO2S/c1-20-15-5-2-6-16(11-15)21-12-13-7-8-17(18)14(10-13)4-3-9-19/h2,5-8,10-11,19H,9,12H2,1H3. The first-order valence-corrected chi connectivity index (χ1v) is 7.36. The number of benzene rings is 2. The molecular formula is C17H15FO2S. The van der Waals surface area contributed by atoms with Gasteiger partial charge in [-0.3, -0.25) is 0 Å². The molecule has 0 aliphatic rings. The SMILES string of the molecule is COc1cccc(SCc2ccc(F)c(C#CCO)c2)c1. The molecule has 0 saturated heterocycles. The molecule has 2 nitrogen and oxygen atoms in total. The highest BCUT2D eigenvalue weighted by atomic mass is 32.2. The molecular weight excluding hydrogens is 287 g/mol. The highest BCUT2D eigenvalue weighted by molar-refractivity contribution is 7.98. The number of hydrogen-bond donors (Lipinski definition) is 1. The Hall–Kier alpha value is -1.96. The summed E-state index contributed by atoms with van der Waals surface area (Å²) in [7, 11) is 1.63. The van der Waals surface area contributed by atoms with Gasteiger partial charge in [-0.15, -0.1) is 11.8 Å². The Morgan fingerprint density at radius 2 is 2.10 bits per heavy atom. The van der Waals surface area contributed by atoms with Crippen molar-refractivity contribution in [2.45, 2.75) is 10.6 Å². The Kier molecular flexibility index (Phi) is 5.68. The minimum absolute atomic E-state index is 0.276. The summed E-state index contributed by atoms with van der Waals surface area (Å²) in [6.07, 6.45) is 0. The lowest BCUT2D eigenvalue weighted by Gasteiger charge is -2.05. The fourth-order valence-corrected chi connectivity index (χ4v) is 2.64. The average molecular weight is 302 g/mol. The van der Waals surface area contributed by atoms with Gasteiger partial charge in [-0.1, -0.05) is 24.0 Å². The van der Waals surface area contributed by atoms with Crippen LogP contribution in [0.2, 0.25) is 0 Å². The van der Waals surface area contributed by atoms with E-state index in [0.29, 0.717) is 11.3 Å². The maximum absolute atomic E-state index is 13.5. The fourth-order valence-electron chi connectivity index (χ4n) is 1.75. The first-order valence-electron chi connectivity index (χ1n) is 6.38. The third kappa shape index (κ3) is 4.52. The predicted molar refractivity (Wildman–Crippen MR) is 82.9 cm³/mol. The molecule has 0 atom stereocenters. The highest BCUT2D eigenvalue weighted by Crippen LogP contribution is 2.26. The van der Waals surface area contributed by atoms with Crippen LogP contribution in [0, 0.1) is 17.7 Å². The van der Waals surface area contributed by atoms with Gasteiger partial charge in [-0.2, -0.15) is 0 Å². The maximum Gasteiger partial charge on any atom is 0.138 e. The summed E-state index contributed by atoms with van der Waals surface area (Å²) in [5.41, 5.74) is 1.29. The van der Waals surface area contributed by atoms with Crippen LogP contribution < -0.4 is 4.74 Å². The molecule has 2 aromatic rings. The van der Waals surface area contributed by atoms with Gasteiger partial charge in [0.1, 0.15) is 18.2 Å². The van der Waals surface area contributed by atoms with Gasteiger partial charge in [0.2, 0.25) is 0 Å². The molecule has 0 unspecified atom stereocenters. The molecule has 0 aliphatic heterocycles. The molecule has 2 aromatic carbocycles. The number of halogens is 1. The minimum Gasteiger partial charge on any atom is -0.497 e. The molecule has 1 N–H and O–H groups in total. The van der Waals surface area contributed by atoms with E-state index >= 15 is 0 Å². The second-order valence-electron chi connectivity index (χ2n) is 4.24. The molecule has 4 heteroatoms. The van der Waals surface area contributed by atoms with E-state index in [1.807, 2.05) is 24.3 Å². The molecule has 0 aromatic heterocycles. The first-order chi connectivity index (χ1) is 10.2. The lowest BCUT2D eigenvalue weighted by atomic mass is 10.1. The quantitative estimate of drug-likeness (QED) is 0.693. The molecule has 0 amide bonds. The molecule has 0 fully saturated rings. The summed E-state index contributed by atoms with van der Waals surface area (Å²) >= 11 is 1.64.